The van der Waals surface area contributed by atoms with Crippen LogP contribution in [0.1, 0.15) is 27.8 Å². The highest BCUT2D eigenvalue weighted by Gasteiger charge is 2.06. The first-order valence-electron chi connectivity index (χ1n) is 9.64. The predicted octanol–water partition coefficient (Wildman–Crippen LogP) is 6.80. The number of rotatable bonds is 4. The Hall–Kier alpha value is -2.63. The van der Waals surface area contributed by atoms with Crippen molar-refractivity contribution in [2.75, 3.05) is 0 Å². The summed E-state index contributed by atoms with van der Waals surface area (Å²) in [6.45, 7) is 3.91. The Morgan fingerprint density at radius 2 is 1.21 bits per heavy atom. The van der Waals surface area contributed by atoms with Gasteiger partial charge < -0.3 is 5.11 Å². The molecular weight excluding hydrogens is 359 g/mol. The Kier molecular flexibility index (Phi) is 5.20. The highest BCUT2D eigenvalue weighted by Crippen LogP contribution is 2.28. The van der Waals surface area contributed by atoms with E-state index in [1.165, 1.54) is 38.6 Å². The molecule has 0 spiro atoms. The van der Waals surface area contributed by atoms with Gasteiger partial charge in [0.25, 0.3) is 0 Å². The quantitative estimate of drug-likeness (QED) is 0.384. The molecule has 0 radical (unpaired) electrons. The van der Waals surface area contributed by atoms with Gasteiger partial charge in [0, 0.05) is 0 Å². The molecule has 2 heteroatoms. The molecule has 1 atom stereocenters. The van der Waals surface area contributed by atoms with E-state index >= 15 is 0 Å². The first-order chi connectivity index (χ1) is 13.5. The third-order valence-electron chi connectivity index (χ3n) is 5.39. The molecule has 0 aromatic heterocycles. The highest BCUT2D eigenvalue weighted by atomic mass is 31.0. The van der Waals surface area contributed by atoms with E-state index in [0.717, 1.165) is 23.7 Å². The van der Waals surface area contributed by atoms with Crippen LogP contribution in [0.3, 0.4) is 0 Å². The number of phenols is 1. The van der Waals surface area contributed by atoms with Crippen molar-refractivity contribution >= 4 is 20.0 Å². The van der Waals surface area contributed by atoms with Crippen LogP contribution < -0.4 is 0 Å². The minimum atomic E-state index is 0.403. The van der Waals surface area contributed by atoms with E-state index in [0.29, 0.717) is 5.75 Å². The van der Waals surface area contributed by atoms with Crippen molar-refractivity contribution in [3.63, 3.8) is 0 Å². The fourth-order valence-corrected chi connectivity index (χ4v) is 4.05. The minimum Gasteiger partial charge on any atom is -0.507 e. The predicted molar refractivity (Wildman–Crippen MR) is 123 cm³/mol. The first-order valence-corrected chi connectivity index (χ1v) is 10.5. The number of aromatic hydroxyl groups is 1. The minimum absolute atomic E-state index is 0.403. The van der Waals surface area contributed by atoms with Gasteiger partial charge in [-0.2, -0.15) is 0 Å². The molecule has 0 heterocycles. The average Bonchev–Trinajstić information content (AvgIpc) is 2.71. The van der Waals surface area contributed by atoms with Gasteiger partial charge in [0.2, 0.25) is 0 Å². The van der Waals surface area contributed by atoms with Crippen LogP contribution in [0.4, 0.5) is 0 Å². The fourth-order valence-electron chi connectivity index (χ4n) is 3.80. The summed E-state index contributed by atoms with van der Waals surface area (Å²) in [6.07, 6.45) is 1.86. The smallest absolute Gasteiger partial charge is 0.121 e. The maximum Gasteiger partial charge on any atom is 0.121 e. The SMILES string of the molecule is Cc1cc(Cc2ccc(-c3ccc4cc(CP)ccc4c3)cc2)cc(C)c1O. The van der Waals surface area contributed by atoms with Gasteiger partial charge in [0.05, 0.1) is 0 Å². The molecule has 0 bridgehead atoms. The maximum absolute atomic E-state index is 9.96. The molecule has 0 fully saturated rings. The van der Waals surface area contributed by atoms with E-state index in [4.69, 9.17) is 0 Å². The Morgan fingerprint density at radius 1 is 0.643 bits per heavy atom. The van der Waals surface area contributed by atoms with E-state index in [2.05, 4.69) is 82.0 Å². The molecule has 0 saturated heterocycles. The largest absolute Gasteiger partial charge is 0.507 e. The summed E-state index contributed by atoms with van der Waals surface area (Å²) in [7, 11) is 2.78. The van der Waals surface area contributed by atoms with Crippen molar-refractivity contribution in [2.45, 2.75) is 26.4 Å². The number of benzene rings is 4. The van der Waals surface area contributed by atoms with Crippen molar-refractivity contribution < 1.29 is 5.11 Å². The molecule has 0 aliphatic carbocycles. The fraction of sp³-hybridized carbons (Fsp3) is 0.154. The van der Waals surface area contributed by atoms with Crippen LogP contribution in [-0.2, 0) is 12.6 Å². The van der Waals surface area contributed by atoms with Crippen LogP contribution >= 0.6 is 9.24 Å². The summed E-state index contributed by atoms with van der Waals surface area (Å²) in [5.41, 5.74) is 8.21. The summed E-state index contributed by atoms with van der Waals surface area (Å²) in [5.74, 6) is 0.403. The lowest BCUT2D eigenvalue weighted by Crippen LogP contribution is -1.91. The van der Waals surface area contributed by atoms with Crippen molar-refractivity contribution in [3.8, 4) is 16.9 Å². The molecule has 0 aliphatic rings. The molecule has 28 heavy (non-hydrogen) atoms. The molecule has 4 aromatic carbocycles. The lowest BCUT2D eigenvalue weighted by atomic mass is 9.96. The summed E-state index contributed by atoms with van der Waals surface area (Å²) < 4.78 is 0. The van der Waals surface area contributed by atoms with E-state index in [-0.39, 0.29) is 0 Å². The maximum atomic E-state index is 9.96. The van der Waals surface area contributed by atoms with Gasteiger partial charge in [-0.1, -0.05) is 66.7 Å². The van der Waals surface area contributed by atoms with Crippen LogP contribution in [0, 0.1) is 13.8 Å². The Morgan fingerprint density at radius 3 is 1.89 bits per heavy atom. The van der Waals surface area contributed by atoms with E-state index in [1.54, 1.807) is 0 Å². The third-order valence-corrected chi connectivity index (χ3v) is 5.86. The van der Waals surface area contributed by atoms with Crippen LogP contribution in [0.5, 0.6) is 5.75 Å². The van der Waals surface area contributed by atoms with Gasteiger partial charge in [-0.3, -0.25) is 0 Å². The Labute approximate surface area is 169 Å². The zero-order valence-corrected chi connectivity index (χ0v) is 17.5. The standard InChI is InChI=1S/C26H25OP/c1-17-11-21(12-18(2)26(17)27)13-19-3-6-22(7-4-19)24-10-9-23-14-20(16-28)5-8-25(23)15-24/h3-12,14-15,27H,13,16,28H2,1-2H3. The normalized spacial score (nSPS) is 11.1. The van der Waals surface area contributed by atoms with Gasteiger partial charge in [-0.25, -0.2) is 0 Å². The molecule has 1 unspecified atom stereocenters. The molecule has 4 aromatic rings. The second kappa shape index (κ2) is 7.78. The van der Waals surface area contributed by atoms with Crippen molar-refractivity contribution in [2.24, 2.45) is 0 Å². The van der Waals surface area contributed by atoms with Crippen molar-refractivity contribution in [1.82, 2.24) is 0 Å². The molecule has 140 valence electrons. The van der Waals surface area contributed by atoms with E-state index in [9.17, 15) is 5.11 Å². The molecular formula is C26H25OP. The zero-order valence-electron chi connectivity index (χ0n) is 16.4. The van der Waals surface area contributed by atoms with Crippen LogP contribution in [0.25, 0.3) is 21.9 Å². The van der Waals surface area contributed by atoms with E-state index < -0.39 is 0 Å². The molecule has 0 saturated carbocycles. The van der Waals surface area contributed by atoms with Crippen molar-refractivity contribution in [1.29, 1.82) is 0 Å². The van der Waals surface area contributed by atoms with Gasteiger partial charge in [-0.15, -0.1) is 9.24 Å². The van der Waals surface area contributed by atoms with Crippen LogP contribution in [0.2, 0.25) is 0 Å². The number of hydrogen-bond donors (Lipinski definition) is 1. The van der Waals surface area contributed by atoms with Gasteiger partial charge in [0.1, 0.15) is 5.75 Å². The van der Waals surface area contributed by atoms with Gasteiger partial charge in [-0.05, 0) is 82.2 Å². The lowest BCUT2D eigenvalue weighted by molar-refractivity contribution is 0.466. The third kappa shape index (κ3) is 3.81. The number of fused-ring (bicyclic) bond motifs is 1. The zero-order chi connectivity index (χ0) is 19.7. The lowest BCUT2D eigenvalue weighted by Gasteiger charge is -2.09. The molecule has 0 amide bonds. The first kappa shape index (κ1) is 18.7. The molecule has 1 nitrogen and oxygen atoms in total. The van der Waals surface area contributed by atoms with Crippen LogP contribution in [-0.4, -0.2) is 5.11 Å². The summed E-state index contributed by atoms with van der Waals surface area (Å²) in [4.78, 5) is 0. The summed E-state index contributed by atoms with van der Waals surface area (Å²) >= 11 is 0. The second-order valence-electron chi connectivity index (χ2n) is 7.55. The molecule has 4 rings (SSSR count). The molecule has 0 aliphatic heterocycles. The average molecular weight is 384 g/mol. The van der Waals surface area contributed by atoms with Crippen LogP contribution in [0.15, 0.2) is 72.8 Å². The Balaban J connectivity index is 1.58. The van der Waals surface area contributed by atoms with E-state index in [1.807, 2.05) is 13.8 Å². The number of aryl methyl sites for hydroxylation is 2. The summed E-state index contributed by atoms with van der Waals surface area (Å²) in [5, 5.41) is 12.5. The monoisotopic (exact) mass is 384 g/mol. The topological polar surface area (TPSA) is 20.2 Å². The molecule has 1 N–H and O–H groups in total. The van der Waals surface area contributed by atoms with Gasteiger partial charge in [0.15, 0.2) is 0 Å². The van der Waals surface area contributed by atoms with Gasteiger partial charge >= 0.3 is 0 Å². The number of phenolic OH excluding ortho intramolecular Hbond substituents is 1. The van der Waals surface area contributed by atoms with Crippen molar-refractivity contribution in [3.05, 3.63) is 101 Å². The number of hydrogen-bond acceptors (Lipinski definition) is 1. The second-order valence-corrected chi connectivity index (χ2v) is 7.96. The summed E-state index contributed by atoms with van der Waals surface area (Å²) in [6, 6.07) is 26.3. The Bertz CT molecular complexity index is 1120. The highest BCUT2D eigenvalue weighted by molar-refractivity contribution is 7.15.